The van der Waals surface area contributed by atoms with Crippen LogP contribution in [-0.4, -0.2) is 60.0 Å². The number of carbonyl (C=O) groups excluding carboxylic acids is 2. The van der Waals surface area contributed by atoms with Gasteiger partial charge in [0.25, 0.3) is 11.6 Å². The highest BCUT2D eigenvalue weighted by Crippen LogP contribution is 2.34. The molecule has 10 nitrogen and oxygen atoms in total. The fraction of sp³-hybridized carbons (Fsp3) is 0.316. The maximum atomic E-state index is 13.8. The Bertz CT molecular complexity index is 1730. The fourth-order valence-electron chi connectivity index (χ4n) is 6.58. The molecule has 1 saturated carbocycles. The average Bonchev–Trinajstić information content (AvgIpc) is 3.12. The molecule has 6 rings (SSSR count). The Labute approximate surface area is 280 Å². The molecule has 1 heterocycles. The first-order valence-electron chi connectivity index (χ1n) is 16.5. The third kappa shape index (κ3) is 8.07. The van der Waals surface area contributed by atoms with E-state index in [1.165, 1.54) is 24.3 Å². The summed E-state index contributed by atoms with van der Waals surface area (Å²) < 4.78 is 5.56. The molecule has 0 aromatic heterocycles. The molecule has 0 spiro atoms. The number of rotatable bonds is 10. The molecule has 4 aromatic rings. The van der Waals surface area contributed by atoms with Crippen molar-refractivity contribution in [3.05, 3.63) is 124 Å². The molecular formula is C38H41N5O5. The minimum atomic E-state index is -0.487. The summed E-state index contributed by atoms with van der Waals surface area (Å²) in [4.78, 5) is 42.0. The minimum Gasteiger partial charge on any atom is -0.378 e. The van der Waals surface area contributed by atoms with Crippen molar-refractivity contribution in [2.45, 2.75) is 50.7 Å². The van der Waals surface area contributed by atoms with Crippen LogP contribution in [0.1, 0.15) is 47.2 Å². The molecule has 1 saturated heterocycles. The fourth-order valence-corrected chi connectivity index (χ4v) is 6.58. The zero-order valence-electron chi connectivity index (χ0n) is 26.9. The van der Waals surface area contributed by atoms with E-state index in [2.05, 4.69) is 22.3 Å². The lowest BCUT2D eigenvalue weighted by molar-refractivity contribution is -0.384. The van der Waals surface area contributed by atoms with Crippen LogP contribution >= 0.6 is 0 Å². The van der Waals surface area contributed by atoms with Gasteiger partial charge in [-0.05, 0) is 78.3 Å². The first kappa shape index (κ1) is 32.9. The van der Waals surface area contributed by atoms with Crippen molar-refractivity contribution in [3.8, 4) is 11.1 Å². The molecule has 4 aromatic carbocycles. The third-order valence-corrected chi connectivity index (χ3v) is 9.25. The lowest BCUT2D eigenvalue weighted by atomic mass is 9.90. The van der Waals surface area contributed by atoms with Gasteiger partial charge >= 0.3 is 0 Å². The summed E-state index contributed by atoms with van der Waals surface area (Å²) >= 11 is 0. The molecule has 2 amide bonds. The molecule has 1 aliphatic carbocycles. The molecule has 0 radical (unpaired) electrons. The number of carbonyl (C=O) groups is 2. The van der Waals surface area contributed by atoms with Gasteiger partial charge in [0.15, 0.2) is 0 Å². The van der Waals surface area contributed by atoms with Crippen LogP contribution in [0, 0.1) is 10.1 Å². The Morgan fingerprint density at radius 1 is 0.854 bits per heavy atom. The van der Waals surface area contributed by atoms with Crippen molar-refractivity contribution in [1.29, 1.82) is 0 Å². The summed E-state index contributed by atoms with van der Waals surface area (Å²) in [5, 5.41) is 14.2. The van der Waals surface area contributed by atoms with Crippen LogP contribution in [0.4, 0.5) is 17.1 Å². The summed E-state index contributed by atoms with van der Waals surface area (Å²) in [5.74, 6) is -0.247. The number of amides is 2. The lowest BCUT2D eigenvalue weighted by Gasteiger charge is -2.36. The predicted octanol–water partition coefficient (Wildman–Crippen LogP) is 6.19. The highest BCUT2D eigenvalue weighted by atomic mass is 16.6. The molecule has 3 N–H and O–H groups in total. The van der Waals surface area contributed by atoms with Gasteiger partial charge in [0, 0.05) is 49.4 Å². The zero-order chi connectivity index (χ0) is 33.5. The first-order chi connectivity index (χ1) is 23.3. The SMILES string of the molecule is NC1CCC(N(Cc2cccc(-c3ccc(N4CCOCC4)c(NC(=O)c4ccc([N+](=O)[O-])cc4)c3)c2)C(=O)Cc2ccccc2)CC1. The number of ether oxygens (including phenoxy) is 1. The van der Waals surface area contributed by atoms with Gasteiger partial charge in [-0.3, -0.25) is 19.7 Å². The molecule has 1 aliphatic heterocycles. The van der Waals surface area contributed by atoms with Crippen LogP contribution in [0.25, 0.3) is 11.1 Å². The minimum absolute atomic E-state index is 0.0742. The van der Waals surface area contributed by atoms with Gasteiger partial charge < -0.3 is 25.6 Å². The monoisotopic (exact) mass is 647 g/mol. The quantitative estimate of drug-likeness (QED) is 0.155. The standard InChI is InChI=1S/C38H41N5O5/c39-32-12-16-33(17-13-32)42(37(44)24-27-5-2-1-3-6-27)26-28-7-4-8-30(23-28)31-11-18-36(41-19-21-48-22-20-41)35(25-31)40-38(45)29-9-14-34(15-10-29)43(46)47/h1-11,14-15,18,23,25,32-33H,12-13,16-17,19-22,24,26,39H2,(H,40,45). The van der Waals surface area contributed by atoms with E-state index in [1.807, 2.05) is 65.6 Å². The lowest BCUT2D eigenvalue weighted by Crippen LogP contribution is -2.44. The van der Waals surface area contributed by atoms with E-state index in [9.17, 15) is 19.7 Å². The van der Waals surface area contributed by atoms with Crippen LogP contribution in [0.3, 0.4) is 0 Å². The van der Waals surface area contributed by atoms with Crippen LogP contribution in [-0.2, 0) is 22.5 Å². The molecule has 2 aliphatic rings. The van der Waals surface area contributed by atoms with Crippen molar-refractivity contribution < 1.29 is 19.2 Å². The van der Waals surface area contributed by atoms with Gasteiger partial charge in [-0.15, -0.1) is 0 Å². The number of hydrogen-bond donors (Lipinski definition) is 2. The smallest absolute Gasteiger partial charge is 0.269 e. The molecule has 10 heteroatoms. The van der Waals surface area contributed by atoms with Crippen molar-refractivity contribution in [2.24, 2.45) is 5.73 Å². The molecular weight excluding hydrogens is 606 g/mol. The number of nitro benzene ring substituents is 1. The second kappa shape index (κ2) is 15.2. The topological polar surface area (TPSA) is 131 Å². The average molecular weight is 648 g/mol. The Kier molecular flexibility index (Phi) is 10.4. The van der Waals surface area contributed by atoms with Crippen LogP contribution in [0.5, 0.6) is 0 Å². The Morgan fingerprint density at radius 2 is 1.54 bits per heavy atom. The van der Waals surface area contributed by atoms with Crippen molar-refractivity contribution >= 4 is 28.9 Å². The third-order valence-electron chi connectivity index (χ3n) is 9.25. The van der Waals surface area contributed by atoms with Gasteiger partial charge in [-0.1, -0.05) is 54.6 Å². The predicted molar refractivity (Wildman–Crippen MR) is 187 cm³/mol. The number of morpholine rings is 1. The number of anilines is 2. The maximum Gasteiger partial charge on any atom is 0.269 e. The van der Waals surface area contributed by atoms with Gasteiger partial charge in [-0.2, -0.15) is 0 Å². The highest BCUT2D eigenvalue weighted by Gasteiger charge is 2.28. The number of non-ortho nitro benzene ring substituents is 1. The molecule has 2 fully saturated rings. The summed E-state index contributed by atoms with van der Waals surface area (Å²) in [6.07, 6.45) is 3.95. The van der Waals surface area contributed by atoms with Crippen molar-refractivity contribution in [1.82, 2.24) is 4.90 Å². The van der Waals surface area contributed by atoms with Gasteiger partial charge in [0.1, 0.15) is 0 Å². The van der Waals surface area contributed by atoms with Crippen molar-refractivity contribution in [3.63, 3.8) is 0 Å². The van der Waals surface area contributed by atoms with Crippen LogP contribution in [0.2, 0.25) is 0 Å². The molecule has 48 heavy (non-hydrogen) atoms. The van der Waals surface area contributed by atoms with E-state index in [4.69, 9.17) is 10.5 Å². The van der Waals surface area contributed by atoms with E-state index in [0.717, 1.165) is 53.6 Å². The number of benzene rings is 4. The number of nitrogens with two attached hydrogens (primary N) is 1. The molecule has 0 bridgehead atoms. The number of nitrogens with one attached hydrogen (secondary N) is 1. The van der Waals surface area contributed by atoms with E-state index in [1.54, 1.807) is 0 Å². The van der Waals surface area contributed by atoms with Crippen molar-refractivity contribution in [2.75, 3.05) is 36.5 Å². The Hall–Kier alpha value is -5.06. The van der Waals surface area contributed by atoms with Gasteiger partial charge in [0.2, 0.25) is 5.91 Å². The number of hydrogen-bond acceptors (Lipinski definition) is 7. The Balaban J connectivity index is 1.27. The first-order valence-corrected chi connectivity index (χ1v) is 16.5. The van der Waals surface area contributed by atoms with Gasteiger partial charge in [-0.25, -0.2) is 0 Å². The Morgan fingerprint density at radius 3 is 2.25 bits per heavy atom. The van der Waals surface area contributed by atoms with E-state index in [-0.39, 0.29) is 29.6 Å². The van der Waals surface area contributed by atoms with Crippen LogP contribution in [0.15, 0.2) is 97.1 Å². The van der Waals surface area contributed by atoms with E-state index < -0.39 is 4.92 Å². The summed E-state index contributed by atoms with van der Waals surface area (Å²) in [7, 11) is 0. The second-order valence-corrected chi connectivity index (χ2v) is 12.5. The summed E-state index contributed by atoms with van der Waals surface area (Å²) in [6, 6.07) is 30.0. The van der Waals surface area contributed by atoms with Crippen LogP contribution < -0.4 is 16.0 Å². The maximum absolute atomic E-state index is 13.8. The summed E-state index contributed by atoms with van der Waals surface area (Å²) in [5.41, 5.74) is 11.9. The molecule has 0 atom stereocenters. The molecule has 248 valence electrons. The largest absolute Gasteiger partial charge is 0.378 e. The van der Waals surface area contributed by atoms with E-state index in [0.29, 0.717) is 50.5 Å². The van der Waals surface area contributed by atoms with Gasteiger partial charge in [0.05, 0.1) is 35.9 Å². The normalized spacial score (nSPS) is 17.8. The number of nitro groups is 1. The summed E-state index contributed by atoms with van der Waals surface area (Å²) in [6.45, 7) is 3.05. The second-order valence-electron chi connectivity index (χ2n) is 12.5. The zero-order valence-corrected chi connectivity index (χ0v) is 26.9. The molecule has 0 unspecified atom stereocenters. The highest BCUT2D eigenvalue weighted by molar-refractivity contribution is 6.06. The number of nitrogens with zero attached hydrogens (tertiary/aromatic N) is 3. The van der Waals surface area contributed by atoms with E-state index >= 15 is 0 Å².